The van der Waals surface area contributed by atoms with Crippen molar-refractivity contribution in [1.82, 2.24) is 4.90 Å². The van der Waals surface area contributed by atoms with Crippen LogP contribution in [0.2, 0.25) is 0 Å². The maximum atomic E-state index is 12.4. The monoisotopic (exact) mass is 347 g/mol. The van der Waals surface area contributed by atoms with Gasteiger partial charge in [0, 0.05) is 18.2 Å². The molecule has 134 valence electrons. The Balaban J connectivity index is 3.09. The average Bonchev–Trinajstić information content (AvgIpc) is 2.59. The van der Waals surface area contributed by atoms with E-state index in [1.165, 1.54) is 6.92 Å². The normalized spacial score (nSPS) is 13.2. The van der Waals surface area contributed by atoms with E-state index < -0.39 is 35.6 Å². The SMILES string of the molecule is CCN(C(=O)C=CC(=O)c1ccccc1)[C@](CC)(CC(=O)O)C(=O)O. The fourth-order valence-corrected chi connectivity index (χ4v) is 2.61. The van der Waals surface area contributed by atoms with E-state index >= 15 is 0 Å². The number of rotatable bonds is 9. The van der Waals surface area contributed by atoms with Gasteiger partial charge >= 0.3 is 11.9 Å². The van der Waals surface area contributed by atoms with E-state index in [1.54, 1.807) is 37.3 Å². The number of nitrogens with zero attached hydrogens (tertiary/aromatic N) is 1. The van der Waals surface area contributed by atoms with Crippen LogP contribution in [0.4, 0.5) is 0 Å². The van der Waals surface area contributed by atoms with Crippen LogP contribution in [0.25, 0.3) is 0 Å². The van der Waals surface area contributed by atoms with Gasteiger partial charge in [-0.15, -0.1) is 0 Å². The first-order chi connectivity index (χ1) is 11.8. The van der Waals surface area contributed by atoms with E-state index in [4.69, 9.17) is 5.11 Å². The molecule has 25 heavy (non-hydrogen) atoms. The van der Waals surface area contributed by atoms with Gasteiger partial charge in [0.1, 0.15) is 0 Å². The highest BCUT2D eigenvalue weighted by Crippen LogP contribution is 2.25. The molecule has 0 aliphatic heterocycles. The number of carbonyl (C=O) groups excluding carboxylic acids is 2. The number of carbonyl (C=O) groups is 4. The molecule has 1 aromatic rings. The predicted molar refractivity (Wildman–Crippen MR) is 90.2 cm³/mol. The molecular weight excluding hydrogens is 326 g/mol. The van der Waals surface area contributed by atoms with Crippen molar-refractivity contribution >= 4 is 23.6 Å². The Morgan fingerprint density at radius 1 is 1.04 bits per heavy atom. The summed E-state index contributed by atoms with van der Waals surface area (Å²) in [7, 11) is 0. The summed E-state index contributed by atoms with van der Waals surface area (Å²) in [4.78, 5) is 48.2. The molecule has 0 saturated heterocycles. The lowest BCUT2D eigenvalue weighted by atomic mass is 9.89. The Morgan fingerprint density at radius 2 is 1.64 bits per heavy atom. The molecule has 0 saturated carbocycles. The second-order valence-corrected chi connectivity index (χ2v) is 5.41. The fraction of sp³-hybridized carbons (Fsp3) is 0.333. The Kier molecular flexibility index (Phi) is 7.05. The van der Waals surface area contributed by atoms with Gasteiger partial charge in [-0.3, -0.25) is 14.4 Å². The van der Waals surface area contributed by atoms with Crippen molar-refractivity contribution in [3.63, 3.8) is 0 Å². The van der Waals surface area contributed by atoms with Crippen LogP contribution >= 0.6 is 0 Å². The molecule has 1 rings (SSSR count). The van der Waals surface area contributed by atoms with Crippen molar-refractivity contribution in [2.45, 2.75) is 32.2 Å². The third-order valence-corrected chi connectivity index (χ3v) is 3.96. The number of allylic oxidation sites excluding steroid dienone is 1. The first-order valence-electron chi connectivity index (χ1n) is 7.82. The highest BCUT2D eigenvalue weighted by molar-refractivity contribution is 6.08. The first kappa shape index (κ1) is 20.1. The number of hydrogen-bond acceptors (Lipinski definition) is 4. The predicted octanol–water partition coefficient (Wildman–Crippen LogP) is 1.98. The maximum absolute atomic E-state index is 12.4. The lowest BCUT2D eigenvalue weighted by molar-refractivity contribution is -0.163. The Bertz CT molecular complexity index is 682. The minimum Gasteiger partial charge on any atom is -0.481 e. The summed E-state index contributed by atoms with van der Waals surface area (Å²) in [5, 5.41) is 18.6. The van der Waals surface area contributed by atoms with Crippen LogP contribution in [0.15, 0.2) is 42.5 Å². The van der Waals surface area contributed by atoms with Gasteiger partial charge in [-0.25, -0.2) is 4.79 Å². The largest absolute Gasteiger partial charge is 0.481 e. The number of carboxylic acids is 2. The Hall–Kier alpha value is -2.96. The van der Waals surface area contributed by atoms with E-state index in [2.05, 4.69) is 0 Å². The molecule has 0 aliphatic carbocycles. The number of hydrogen-bond donors (Lipinski definition) is 2. The van der Waals surface area contributed by atoms with Crippen LogP contribution in [0.5, 0.6) is 0 Å². The van der Waals surface area contributed by atoms with Crippen LogP contribution in [-0.2, 0) is 14.4 Å². The van der Waals surface area contributed by atoms with Gasteiger partial charge in [0.15, 0.2) is 11.3 Å². The topological polar surface area (TPSA) is 112 Å². The van der Waals surface area contributed by atoms with Crippen molar-refractivity contribution in [2.75, 3.05) is 6.54 Å². The van der Waals surface area contributed by atoms with E-state index in [9.17, 15) is 24.3 Å². The quantitative estimate of drug-likeness (QED) is 0.522. The summed E-state index contributed by atoms with van der Waals surface area (Å²) in [5.41, 5.74) is -1.47. The summed E-state index contributed by atoms with van der Waals surface area (Å²) >= 11 is 0. The Labute approximate surface area is 145 Å². The van der Waals surface area contributed by atoms with E-state index in [-0.39, 0.29) is 13.0 Å². The molecule has 0 radical (unpaired) electrons. The van der Waals surface area contributed by atoms with Gasteiger partial charge in [0.25, 0.3) is 0 Å². The molecule has 7 nitrogen and oxygen atoms in total. The molecule has 0 aliphatic rings. The highest BCUT2D eigenvalue weighted by Gasteiger charge is 2.46. The average molecular weight is 347 g/mol. The molecule has 2 N–H and O–H groups in total. The van der Waals surface area contributed by atoms with Gasteiger partial charge < -0.3 is 15.1 Å². The van der Waals surface area contributed by atoms with Crippen molar-refractivity contribution in [3.05, 3.63) is 48.0 Å². The van der Waals surface area contributed by atoms with E-state index in [0.717, 1.165) is 17.1 Å². The molecule has 1 amide bonds. The summed E-state index contributed by atoms with van der Waals surface area (Å²) in [6.45, 7) is 3.06. The van der Waals surface area contributed by atoms with Crippen molar-refractivity contribution in [3.8, 4) is 0 Å². The number of likely N-dealkylation sites (N-methyl/N-ethyl adjacent to an activating group) is 1. The smallest absolute Gasteiger partial charge is 0.330 e. The first-order valence-corrected chi connectivity index (χ1v) is 7.82. The van der Waals surface area contributed by atoms with Crippen molar-refractivity contribution in [1.29, 1.82) is 0 Å². The van der Waals surface area contributed by atoms with Crippen LogP contribution in [0.3, 0.4) is 0 Å². The molecular formula is C18H21NO6. The van der Waals surface area contributed by atoms with Gasteiger partial charge in [-0.05, 0) is 19.4 Å². The number of amides is 1. The zero-order valence-electron chi connectivity index (χ0n) is 14.1. The lowest BCUT2D eigenvalue weighted by Crippen LogP contribution is -2.57. The van der Waals surface area contributed by atoms with E-state index in [1.807, 2.05) is 0 Å². The summed E-state index contributed by atoms with van der Waals surface area (Å²) < 4.78 is 0. The minimum absolute atomic E-state index is 0.00385. The molecule has 0 fully saturated rings. The van der Waals surface area contributed by atoms with E-state index in [0.29, 0.717) is 5.56 Å². The fourth-order valence-electron chi connectivity index (χ4n) is 2.61. The molecule has 0 aromatic heterocycles. The zero-order valence-corrected chi connectivity index (χ0v) is 14.1. The van der Waals surface area contributed by atoms with Crippen LogP contribution in [0, 0.1) is 0 Å². The summed E-state index contributed by atoms with van der Waals surface area (Å²) in [6.07, 6.45) is 1.24. The molecule has 0 heterocycles. The second-order valence-electron chi connectivity index (χ2n) is 5.41. The van der Waals surface area contributed by atoms with Crippen LogP contribution in [0.1, 0.15) is 37.0 Å². The summed E-state index contributed by atoms with van der Waals surface area (Å²) in [5.74, 6) is -3.84. The van der Waals surface area contributed by atoms with Gasteiger partial charge in [-0.2, -0.15) is 0 Å². The zero-order chi connectivity index (χ0) is 19.0. The van der Waals surface area contributed by atoms with Gasteiger partial charge in [-0.1, -0.05) is 37.3 Å². The van der Waals surface area contributed by atoms with Crippen LogP contribution in [-0.4, -0.2) is 50.8 Å². The lowest BCUT2D eigenvalue weighted by Gasteiger charge is -2.38. The molecule has 1 atom stereocenters. The molecule has 0 bridgehead atoms. The molecule has 0 unspecified atom stereocenters. The third kappa shape index (κ3) is 4.76. The number of ketones is 1. The molecule has 1 aromatic carbocycles. The number of aliphatic carboxylic acids is 2. The minimum atomic E-state index is -1.86. The van der Waals surface area contributed by atoms with Crippen molar-refractivity contribution in [2.24, 2.45) is 0 Å². The molecule has 0 spiro atoms. The maximum Gasteiger partial charge on any atom is 0.330 e. The number of carboxylic acid groups (broad SMARTS) is 2. The third-order valence-electron chi connectivity index (χ3n) is 3.96. The van der Waals surface area contributed by atoms with Crippen LogP contribution < -0.4 is 0 Å². The second kappa shape index (κ2) is 8.77. The van der Waals surface area contributed by atoms with Gasteiger partial charge in [0.2, 0.25) is 5.91 Å². The highest BCUT2D eigenvalue weighted by atomic mass is 16.4. The molecule has 7 heteroatoms. The standard InChI is InChI=1S/C18H21NO6/c1-3-18(17(24)25,12-16(22)23)19(4-2)15(21)11-10-14(20)13-8-6-5-7-9-13/h5-11H,3-4,12H2,1-2H3,(H,22,23)(H,24,25)/t18-/m1/s1. The summed E-state index contributed by atoms with van der Waals surface area (Å²) in [6, 6.07) is 8.29. The Morgan fingerprint density at radius 3 is 2.08 bits per heavy atom. The number of benzene rings is 1. The van der Waals surface area contributed by atoms with Crippen molar-refractivity contribution < 1.29 is 29.4 Å². The van der Waals surface area contributed by atoms with Gasteiger partial charge in [0.05, 0.1) is 6.42 Å².